The molecule has 3 heterocycles. The Labute approximate surface area is 182 Å². The molecule has 14 heteroatoms. The van der Waals surface area contributed by atoms with Gasteiger partial charge in [0.05, 0.1) is 6.20 Å². The zero-order chi connectivity index (χ0) is 21.3. The van der Waals surface area contributed by atoms with Gasteiger partial charge in [0.2, 0.25) is 0 Å². The highest BCUT2D eigenvalue weighted by Gasteiger charge is 2.15. The van der Waals surface area contributed by atoms with Crippen LogP contribution in [0.15, 0.2) is 45.4 Å². The van der Waals surface area contributed by atoms with Crippen molar-refractivity contribution in [1.29, 1.82) is 0 Å². The molecule has 1 aromatic carbocycles. The lowest BCUT2D eigenvalue weighted by Gasteiger charge is -2.07. The molecule has 150 valence electrons. The molecule has 11 nitrogen and oxygen atoms in total. The van der Waals surface area contributed by atoms with Gasteiger partial charge in [-0.3, -0.25) is 0 Å². The van der Waals surface area contributed by atoms with Crippen molar-refractivity contribution in [2.24, 2.45) is 20.5 Å². The van der Waals surface area contributed by atoms with Crippen LogP contribution < -0.4 is 0 Å². The molecule has 0 aliphatic heterocycles. The standard InChI is InChI=1S/C16H9Cl2N9O2S/c1-6-12(28)7(23-25-15-10(17)14(18)21-5-22-15)2-8(13(6)29)24-26-16-11-9(27-30-16)3-19-4-20-11/h2-5,28-29H,1H3. The van der Waals surface area contributed by atoms with Crippen LogP contribution in [0.2, 0.25) is 10.2 Å². The molecule has 30 heavy (non-hydrogen) atoms. The van der Waals surface area contributed by atoms with Crippen molar-refractivity contribution in [3.8, 4) is 11.5 Å². The SMILES string of the molecule is Cc1c(O)c(N=Nc2ncnc(Cl)c2Cl)cc(N=Nc2snc3cncnc23)c1O. The molecule has 0 unspecified atom stereocenters. The third-order valence-corrected chi connectivity index (χ3v) is 5.29. The Morgan fingerprint density at radius 3 is 2.43 bits per heavy atom. The summed E-state index contributed by atoms with van der Waals surface area (Å²) in [6.07, 6.45) is 4.11. The van der Waals surface area contributed by atoms with E-state index in [9.17, 15) is 10.2 Å². The number of aromatic nitrogens is 5. The number of halogens is 2. The van der Waals surface area contributed by atoms with E-state index in [1.54, 1.807) is 6.20 Å². The van der Waals surface area contributed by atoms with E-state index < -0.39 is 0 Å². The van der Waals surface area contributed by atoms with Gasteiger partial charge in [0, 0.05) is 11.6 Å². The van der Waals surface area contributed by atoms with E-state index in [4.69, 9.17) is 23.2 Å². The largest absolute Gasteiger partial charge is 0.505 e. The number of benzene rings is 1. The quantitative estimate of drug-likeness (QED) is 0.290. The van der Waals surface area contributed by atoms with Crippen LogP contribution in [0.4, 0.5) is 22.2 Å². The Balaban J connectivity index is 1.72. The number of hydrogen-bond acceptors (Lipinski definition) is 12. The fourth-order valence-corrected chi connectivity index (χ4v) is 3.18. The minimum absolute atomic E-state index is 0.0110. The van der Waals surface area contributed by atoms with E-state index in [1.165, 1.54) is 25.6 Å². The molecule has 3 aromatic heterocycles. The summed E-state index contributed by atoms with van der Waals surface area (Å²) >= 11 is 12.9. The van der Waals surface area contributed by atoms with E-state index in [2.05, 4.69) is 44.8 Å². The molecule has 0 bridgehead atoms. The van der Waals surface area contributed by atoms with Gasteiger partial charge < -0.3 is 10.2 Å². The first-order valence-electron chi connectivity index (χ1n) is 8.06. The van der Waals surface area contributed by atoms with Crippen molar-refractivity contribution >= 4 is 68.0 Å². The van der Waals surface area contributed by atoms with Crippen LogP contribution in [0, 0.1) is 6.92 Å². The van der Waals surface area contributed by atoms with Gasteiger partial charge in [0.1, 0.15) is 51.6 Å². The molecular formula is C16H9Cl2N9O2S. The summed E-state index contributed by atoms with van der Waals surface area (Å²) in [7, 11) is 0. The van der Waals surface area contributed by atoms with Gasteiger partial charge in [-0.1, -0.05) is 23.2 Å². The first-order chi connectivity index (χ1) is 14.5. The first kappa shape index (κ1) is 19.9. The molecular weight excluding hydrogens is 453 g/mol. The minimum Gasteiger partial charge on any atom is -0.505 e. The Morgan fingerprint density at radius 2 is 1.67 bits per heavy atom. The Morgan fingerprint density at radius 1 is 0.933 bits per heavy atom. The molecule has 0 atom stereocenters. The van der Waals surface area contributed by atoms with Gasteiger partial charge >= 0.3 is 0 Å². The van der Waals surface area contributed by atoms with Crippen LogP contribution in [0.3, 0.4) is 0 Å². The smallest absolute Gasteiger partial charge is 0.197 e. The van der Waals surface area contributed by atoms with Gasteiger partial charge in [-0.05, 0) is 18.5 Å². The lowest BCUT2D eigenvalue weighted by molar-refractivity contribution is 0.445. The molecule has 0 saturated heterocycles. The number of fused-ring (bicyclic) bond motifs is 1. The van der Waals surface area contributed by atoms with E-state index in [1.807, 2.05) is 0 Å². The molecule has 0 aliphatic rings. The maximum absolute atomic E-state index is 10.3. The Kier molecular flexibility index (Phi) is 5.44. The number of azo groups is 2. The topological polar surface area (TPSA) is 154 Å². The molecule has 0 radical (unpaired) electrons. The van der Waals surface area contributed by atoms with Gasteiger partial charge in [0.25, 0.3) is 0 Å². The number of aromatic hydroxyl groups is 2. The molecule has 0 amide bonds. The highest BCUT2D eigenvalue weighted by Crippen LogP contribution is 2.44. The van der Waals surface area contributed by atoms with E-state index in [0.29, 0.717) is 16.0 Å². The predicted molar refractivity (Wildman–Crippen MR) is 110 cm³/mol. The molecule has 0 saturated carbocycles. The van der Waals surface area contributed by atoms with Crippen LogP contribution >= 0.6 is 34.7 Å². The van der Waals surface area contributed by atoms with Crippen LogP contribution in [0.1, 0.15) is 5.56 Å². The number of phenolic OH excluding ortho intramolecular Hbond substituents is 2. The zero-order valence-corrected chi connectivity index (χ0v) is 17.2. The average Bonchev–Trinajstić information content (AvgIpc) is 3.17. The van der Waals surface area contributed by atoms with Crippen molar-refractivity contribution in [2.45, 2.75) is 6.92 Å². The number of hydrogen-bond donors (Lipinski definition) is 2. The average molecular weight is 462 g/mol. The first-order valence-corrected chi connectivity index (χ1v) is 9.59. The van der Waals surface area contributed by atoms with Crippen LogP contribution in [0.5, 0.6) is 11.5 Å². The fraction of sp³-hybridized carbons (Fsp3) is 0.0625. The van der Waals surface area contributed by atoms with E-state index >= 15 is 0 Å². The number of nitrogens with zero attached hydrogens (tertiary/aromatic N) is 9. The van der Waals surface area contributed by atoms with Crippen molar-refractivity contribution in [2.75, 3.05) is 0 Å². The normalized spacial score (nSPS) is 11.8. The van der Waals surface area contributed by atoms with Crippen LogP contribution in [-0.4, -0.2) is 34.5 Å². The minimum atomic E-state index is -0.289. The van der Waals surface area contributed by atoms with E-state index in [-0.39, 0.29) is 44.4 Å². The van der Waals surface area contributed by atoms with Crippen molar-refractivity contribution in [3.05, 3.63) is 40.7 Å². The molecule has 4 rings (SSSR count). The summed E-state index contributed by atoms with van der Waals surface area (Å²) in [6, 6.07) is 1.31. The second kappa shape index (κ2) is 8.18. The van der Waals surface area contributed by atoms with Crippen LogP contribution in [0.25, 0.3) is 11.0 Å². The molecule has 0 aliphatic carbocycles. The molecule has 2 N–H and O–H groups in total. The molecule has 0 spiro atoms. The zero-order valence-electron chi connectivity index (χ0n) is 14.9. The molecule has 0 fully saturated rings. The summed E-state index contributed by atoms with van der Waals surface area (Å²) in [5.41, 5.74) is 1.33. The summed E-state index contributed by atoms with van der Waals surface area (Å²) in [5.74, 6) is -0.537. The maximum atomic E-state index is 10.3. The second-order valence-electron chi connectivity index (χ2n) is 5.68. The van der Waals surface area contributed by atoms with E-state index in [0.717, 1.165) is 11.5 Å². The Bertz CT molecular complexity index is 1330. The highest BCUT2D eigenvalue weighted by atomic mass is 35.5. The van der Waals surface area contributed by atoms with Gasteiger partial charge in [-0.2, -0.15) is 4.37 Å². The van der Waals surface area contributed by atoms with Gasteiger partial charge in [-0.15, -0.1) is 20.5 Å². The van der Waals surface area contributed by atoms with Gasteiger partial charge in [0.15, 0.2) is 16.0 Å². The second-order valence-corrected chi connectivity index (χ2v) is 7.17. The predicted octanol–water partition coefficient (Wildman–Crippen LogP) is 5.73. The lowest BCUT2D eigenvalue weighted by Crippen LogP contribution is -1.82. The lowest BCUT2D eigenvalue weighted by atomic mass is 10.1. The highest BCUT2D eigenvalue weighted by molar-refractivity contribution is 7.11. The number of rotatable bonds is 4. The van der Waals surface area contributed by atoms with Crippen molar-refractivity contribution in [3.63, 3.8) is 0 Å². The Hall–Kier alpha value is -3.35. The fourth-order valence-electron chi connectivity index (χ4n) is 2.28. The van der Waals surface area contributed by atoms with Crippen LogP contribution in [-0.2, 0) is 0 Å². The summed E-state index contributed by atoms with van der Waals surface area (Å²) in [6.45, 7) is 1.49. The summed E-state index contributed by atoms with van der Waals surface area (Å²) in [4.78, 5) is 15.6. The third-order valence-electron chi connectivity index (χ3n) is 3.82. The monoisotopic (exact) mass is 461 g/mol. The molecule has 4 aromatic rings. The van der Waals surface area contributed by atoms with Crippen molar-refractivity contribution < 1.29 is 10.2 Å². The number of phenols is 2. The maximum Gasteiger partial charge on any atom is 0.197 e. The van der Waals surface area contributed by atoms with Gasteiger partial charge in [-0.25, -0.2) is 19.9 Å². The van der Waals surface area contributed by atoms with Crippen molar-refractivity contribution in [1.82, 2.24) is 24.3 Å². The summed E-state index contributed by atoms with van der Waals surface area (Å²) in [5, 5.41) is 37.0. The summed E-state index contributed by atoms with van der Waals surface area (Å²) < 4.78 is 4.17. The third kappa shape index (κ3) is 3.75.